The molecule has 5 nitrogen and oxygen atoms in total. The molecule has 1 aromatic carbocycles. The van der Waals surface area contributed by atoms with Gasteiger partial charge in [-0.1, -0.05) is 26.8 Å². The van der Waals surface area contributed by atoms with Crippen molar-refractivity contribution < 1.29 is 17.9 Å². The zero-order valence-electron chi connectivity index (χ0n) is 18.6. The van der Waals surface area contributed by atoms with Crippen LogP contribution in [-0.4, -0.2) is 27.8 Å². The summed E-state index contributed by atoms with van der Waals surface area (Å²) in [4.78, 5) is 11.4. The number of alkyl halides is 3. The van der Waals surface area contributed by atoms with Gasteiger partial charge in [-0.15, -0.1) is 24.5 Å². The van der Waals surface area contributed by atoms with Gasteiger partial charge < -0.3 is 9.64 Å². The molecule has 32 heavy (non-hydrogen) atoms. The van der Waals surface area contributed by atoms with Gasteiger partial charge in [0.05, 0.1) is 11.4 Å². The maximum Gasteiger partial charge on any atom is 0.573 e. The minimum absolute atomic E-state index is 0.257. The number of thiazole rings is 1. The van der Waals surface area contributed by atoms with Crippen molar-refractivity contribution in [1.82, 2.24) is 14.4 Å². The lowest BCUT2D eigenvalue weighted by molar-refractivity contribution is -0.274. The molecule has 170 valence electrons. The van der Waals surface area contributed by atoms with E-state index >= 15 is 0 Å². The monoisotopic (exact) mass is 462 g/mol. The Bertz CT molecular complexity index is 1180. The van der Waals surface area contributed by atoms with Gasteiger partial charge in [0, 0.05) is 24.2 Å². The van der Waals surface area contributed by atoms with Gasteiger partial charge in [-0.2, -0.15) is 0 Å². The Hall–Kier alpha value is -3.07. The van der Waals surface area contributed by atoms with E-state index in [1.807, 2.05) is 56.4 Å². The van der Waals surface area contributed by atoms with Crippen LogP contribution in [0.4, 0.5) is 24.1 Å². The first-order valence-electron chi connectivity index (χ1n) is 10.3. The van der Waals surface area contributed by atoms with Gasteiger partial charge in [0.1, 0.15) is 17.2 Å². The summed E-state index contributed by atoms with van der Waals surface area (Å²) in [7, 11) is 1.94. The van der Waals surface area contributed by atoms with Crippen molar-refractivity contribution in [3.8, 4) is 17.0 Å². The van der Waals surface area contributed by atoms with Crippen molar-refractivity contribution in [3.63, 3.8) is 0 Å². The number of benzene rings is 1. The second-order valence-corrected chi connectivity index (χ2v) is 7.65. The zero-order chi connectivity index (χ0) is 23.5. The van der Waals surface area contributed by atoms with Crippen molar-refractivity contribution in [3.05, 3.63) is 59.2 Å². The smallest absolute Gasteiger partial charge is 0.406 e. The SMILES string of the molecule is CC.CCc1nc2ccc(C)cn2c1N(C)c1nc(-c2ccc(OC(F)(F)F)cc2)cs1. The number of imidazole rings is 1. The molecule has 0 spiro atoms. The Labute approximate surface area is 189 Å². The highest BCUT2D eigenvalue weighted by atomic mass is 32.1. The first-order chi connectivity index (χ1) is 15.2. The molecule has 0 aliphatic heterocycles. The maximum atomic E-state index is 12.3. The third-order valence-electron chi connectivity index (χ3n) is 4.63. The molecule has 0 unspecified atom stereocenters. The fourth-order valence-electron chi connectivity index (χ4n) is 3.25. The molecular weight excluding hydrogens is 437 g/mol. The van der Waals surface area contributed by atoms with Crippen LogP contribution < -0.4 is 9.64 Å². The van der Waals surface area contributed by atoms with Crippen molar-refractivity contribution in [2.75, 3.05) is 11.9 Å². The van der Waals surface area contributed by atoms with Gasteiger partial charge in [0.25, 0.3) is 0 Å². The van der Waals surface area contributed by atoms with Gasteiger partial charge in [-0.25, -0.2) is 9.97 Å². The van der Waals surface area contributed by atoms with Gasteiger partial charge in [0.2, 0.25) is 0 Å². The summed E-state index contributed by atoms with van der Waals surface area (Å²) >= 11 is 1.46. The molecule has 4 rings (SSSR count). The van der Waals surface area contributed by atoms with Crippen LogP contribution in [-0.2, 0) is 6.42 Å². The standard InChI is InChI=1S/C21H19F3N4OS.C2H6/c1-4-16-19(28-11-13(2)5-10-18(28)25-16)27(3)20-26-17(12-30-20)14-6-8-15(9-7-14)29-21(22,23)24;1-2/h5-12H,4H2,1-3H3;1-2H3. The first kappa shape index (κ1) is 23.6. The zero-order valence-corrected chi connectivity index (χ0v) is 19.4. The number of fused-ring (bicyclic) bond motifs is 1. The lowest BCUT2D eigenvalue weighted by Gasteiger charge is -2.17. The van der Waals surface area contributed by atoms with Crippen LogP contribution in [0.5, 0.6) is 5.75 Å². The molecule has 3 heterocycles. The molecule has 0 aliphatic rings. The third kappa shape index (κ3) is 5.04. The Kier molecular flexibility index (Phi) is 7.08. The lowest BCUT2D eigenvalue weighted by atomic mass is 10.2. The molecule has 3 aromatic heterocycles. The summed E-state index contributed by atoms with van der Waals surface area (Å²) in [6.45, 7) is 8.09. The summed E-state index contributed by atoms with van der Waals surface area (Å²) in [5.41, 5.74) is 4.36. The Morgan fingerprint density at radius 3 is 2.38 bits per heavy atom. The number of anilines is 2. The van der Waals surface area contributed by atoms with Crippen molar-refractivity contribution in [1.29, 1.82) is 0 Å². The third-order valence-corrected chi connectivity index (χ3v) is 5.54. The highest BCUT2D eigenvalue weighted by molar-refractivity contribution is 7.14. The number of aromatic nitrogens is 3. The van der Waals surface area contributed by atoms with E-state index in [0.717, 1.165) is 34.3 Å². The normalized spacial score (nSPS) is 11.2. The van der Waals surface area contributed by atoms with E-state index in [2.05, 4.69) is 21.0 Å². The van der Waals surface area contributed by atoms with E-state index in [0.29, 0.717) is 11.3 Å². The number of halogens is 3. The molecule has 0 bridgehead atoms. The quantitative estimate of drug-likeness (QED) is 0.320. The molecule has 0 amide bonds. The minimum Gasteiger partial charge on any atom is -0.406 e. The van der Waals surface area contributed by atoms with Crippen molar-refractivity contribution in [2.45, 2.75) is 40.5 Å². The van der Waals surface area contributed by atoms with E-state index in [4.69, 9.17) is 4.98 Å². The molecule has 4 aromatic rings. The predicted octanol–water partition coefficient (Wildman–Crippen LogP) is 7.02. The van der Waals surface area contributed by atoms with E-state index in [9.17, 15) is 13.2 Å². The van der Waals surface area contributed by atoms with Gasteiger partial charge in [0.15, 0.2) is 5.13 Å². The number of aryl methyl sites for hydroxylation is 2. The number of pyridine rings is 1. The molecular formula is C23H25F3N4OS. The number of ether oxygens (including phenoxy) is 1. The molecule has 0 radical (unpaired) electrons. The number of hydrogen-bond acceptors (Lipinski definition) is 5. The number of rotatable bonds is 5. The highest BCUT2D eigenvalue weighted by Crippen LogP contribution is 2.34. The molecule has 0 atom stereocenters. The van der Waals surface area contributed by atoms with Gasteiger partial charge in [-0.05, 0) is 49.2 Å². The Morgan fingerprint density at radius 1 is 1.06 bits per heavy atom. The molecule has 0 saturated carbocycles. The predicted molar refractivity (Wildman–Crippen MR) is 123 cm³/mol. The number of hydrogen-bond donors (Lipinski definition) is 0. The van der Waals surface area contributed by atoms with Gasteiger partial charge >= 0.3 is 6.36 Å². The maximum absolute atomic E-state index is 12.3. The number of nitrogens with zero attached hydrogens (tertiary/aromatic N) is 4. The van der Waals surface area contributed by atoms with Crippen LogP contribution >= 0.6 is 11.3 Å². The van der Waals surface area contributed by atoms with E-state index in [-0.39, 0.29) is 5.75 Å². The summed E-state index contributed by atoms with van der Waals surface area (Å²) in [6.07, 6.45) is -1.89. The summed E-state index contributed by atoms with van der Waals surface area (Å²) in [6, 6.07) is 9.72. The van der Waals surface area contributed by atoms with E-state index < -0.39 is 6.36 Å². The van der Waals surface area contributed by atoms with Gasteiger partial charge in [-0.3, -0.25) is 4.40 Å². The van der Waals surface area contributed by atoms with Crippen LogP contribution in [0, 0.1) is 6.92 Å². The fourth-order valence-corrected chi connectivity index (χ4v) is 4.05. The van der Waals surface area contributed by atoms with Crippen LogP contribution in [0.1, 0.15) is 32.0 Å². The van der Waals surface area contributed by atoms with Crippen molar-refractivity contribution in [2.24, 2.45) is 0 Å². The summed E-state index contributed by atoms with van der Waals surface area (Å²) in [5, 5.41) is 2.64. The molecule has 0 N–H and O–H groups in total. The average molecular weight is 463 g/mol. The topological polar surface area (TPSA) is 42.7 Å². The van der Waals surface area contributed by atoms with E-state index in [1.165, 1.54) is 23.5 Å². The molecule has 0 saturated heterocycles. The van der Waals surface area contributed by atoms with Crippen LogP contribution in [0.25, 0.3) is 16.9 Å². The molecule has 0 aliphatic carbocycles. The molecule has 9 heteroatoms. The first-order valence-corrected chi connectivity index (χ1v) is 11.2. The summed E-state index contributed by atoms with van der Waals surface area (Å²) in [5.74, 6) is 0.693. The second kappa shape index (κ2) is 9.60. The Balaban J connectivity index is 0.00000141. The minimum atomic E-state index is -4.71. The van der Waals surface area contributed by atoms with Crippen LogP contribution in [0.15, 0.2) is 48.0 Å². The largest absolute Gasteiger partial charge is 0.573 e. The lowest BCUT2D eigenvalue weighted by Crippen LogP contribution is -2.16. The average Bonchev–Trinajstić information content (AvgIpc) is 3.39. The van der Waals surface area contributed by atoms with E-state index in [1.54, 1.807) is 12.1 Å². The van der Waals surface area contributed by atoms with Crippen LogP contribution in [0.3, 0.4) is 0 Å². The van der Waals surface area contributed by atoms with Crippen molar-refractivity contribution >= 4 is 27.9 Å². The second-order valence-electron chi connectivity index (χ2n) is 6.82. The van der Waals surface area contributed by atoms with Crippen LogP contribution in [0.2, 0.25) is 0 Å². The summed E-state index contributed by atoms with van der Waals surface area (Å²) < 4.78 is 43.0. The highest BCUT2D eigenvalue weighted by Gasteiger charge is 2.31. The Morgan fingerprint density at radius 2 is 1.75 bits per heavy atom. The fraction of sp³-hybridized carbons (Fsp3) is 0.304. The molecule has 0 fully saturated rings.